The average Bonchev–Trinajstić information content (AvgIpc) is 3.11. The fraction of sp³-hybridized carbons (Fsp3) is 0.429. The van der Waals surface area contributed by atoms with E-state index in [1.807, 2.05) is 12.1 Å². The summed E-state index contributed by atoms with van der Waals surface area (Å²) in [5.74, 6) is 1.22. The van der Waals surface area contributed by atoms with Gasteiger partial charge in [-0.05, 0) is 85.3 Å². The van der Waals surface area contributed by atoms with E-state index in [1.54, 1.807) is 72.8 Å². The van der Waals surface area contributed by atoms with E-state index in [2.05, 4.69) is 13.8 Å². The van der Waals surface area contributed by atoms with Gasteiger partial charge in [0, 0.05) is 0 Å². The van der Waals surface area contributed by atoms with Crippen LogP contribution < -0.4 is 9.47 Å². The van der Waals surface area contributed by atoms with Gasteiger partial charge in [-0.25, -0.2) is 16.8 Å². The summed E-state index contributed by atoms with van der Waals surface area (Å²) >= 11 is 0. The Labute approximate surface area is 348 Å². The third-order valence-electron chi connectivity index (χ3n) is 8.63. The van der Waals surface area contributed by atoms with Gasteiger partial charge < -0.3 is 18.6 Å². The summed E-state index contributed by atoms with van der Waals surface area (Å²) in [6.45, 7) is 4.42. The Morgan fingerprint density at radius 3 is 1.09 bits per heavy atom. The summed E-state index contributed by atoms with van der Waals surface area (Å²) in [6.07, 6.45) is 18.7. The van der Waals surface area contributed by atoms with Crippen molar-refractivity contribution in [3.8, 4) is 23.0 Å². The summed E-state index contributed by atoms with van der Waals surface area (Å²) in [5.41, 5.74) is 1.97. The second-order valence-corrected chi connectivity index (χ2v) is 15.7. The molecule has 0 saturated heterocycles. The quantitative estimate of drug-likeness (QED) is 0.0436. The van der Waals surface area contributed by atoms with Crippen LogP contribution in [-0.2, 0) is 33.1 Å². The van der Waals surface area contributed by atoms with E-state index in [0.29, 0.717) is 11.5 Å². The van der Waals surface area contributed by atoms with Crippen LogP contribution in [0.5, 0.6) is 23.0 Å². The van der Waals surface area contributed by atoms with Gasteiger partial charge in [0.05, 0.1) is 9.79 Å². The van der Waals surface area contributed by atoms with Crippen molar-refractivity contribution in [2.75, 3.05) is 0 Å². The third-order valence-corrected chi connectivity index (χ3v) is 10.4. The molecule has 284 valence electrons. The summed E-state index contributed by atoms with van der Waals surface area (Å²) in [5, 5.41) is 0. The van der Waals surface area contributed by atoms with Gasteiger partial charge in [0.15, 0.2) is 0 Å². The van der Waals surface area contributed by atoms with Crippen LogP contribution in [0.15, 0.2) is 107 Å². The molecule has 53 heavy (non-hydrogen) atoms. The van der Waals surface area contributed by atoms with E-state index in [1.165, 1.54) is 76.3 Å². The molecule has 0 heterocycles. The molecular weight excluding hydrogens is 737 g/mol. The van der Waals surface area contributed by atoms with Gasteiger partial charge in [0.2, 0.25) is 0 Å². The van der Waals surface area contributed by atoms with Crippen LogP contribution in [0.2, 0.25) is 0 Å². The number of hydrogen-bond acceptors (Lipinski definition) is 8. The van der Waals surface area contributed by atoms with E-state index in [9.17, 15) is 25.9 Å². The first kappa shape index (κ1) is 46.7. The molecule has 4 rings (SSSR count). The molecule has 0 aromatic heterocycles. The van der Waals surface area contributed by atoms with Gasteiger partial charge in [-0.15, -0.1) is 0 Å². The molecule has 0 saturated carbocycles. The maximum absolute atomic E-state index is 11.5. The number of benzene rings is 4. The summed E-state index contributed by atoms with van der Waals surface area (Å²) in [4.78, 5) is -0.630. The maximum Gasteiger partial charge on any atom is 2.00 e. The van der Waals surface area contributed by atoms with E-state index < -0.39 is 20.2 Å². The second kappa shape index (κ2) is 25.6. The van der Waals surface area contributed by atoms with Crippen molar-refractivity contribution >= 4 is 58.0 Å². The minimum Gasteiger partial charge on any atom is -0.744 e. The molecule has 0 bridgehead atoms. The monoisotopic (exact) mass is 790 g/mol. The molecule has 0 amide bonds. The number of rotatable bonds is 22. The van der Waals surface area contributed by atoms with E-state index in [4.69, 9.17) is 9.47 Å². The van der Waals surface area contributed by atoms with Crippen molar-refractivity contribution in [1.29, 1.82) is 0 Å². The maximum atomic E-state index is 11.5. The van der Waals surface area contributed by atoms with Gasteiger partial charge in [0.1, 0.15) is 43.2 Å². The number of para-hydroxylation sites is 2. The molecule has 11 heteroatoms. The van der Waals surface area contributed by atoms with Crippen LogP contribution in [0.25, 0.3) is 0 Å². The SMILES string of the molecule is CCCCCCCCCc1ccc(S(=O)(=O)[O-])c(Oc2ccccc2)c1.CCCCCCCCCc1ccc(S(=O)(=O)[O-])c(Oc2ccccc2)c1.[Ca+2]. The zero-order chi connectivity index (χ0) is 37.7. The standard InChI is InChI=1S/2C21H28O4S.Ca/c2*1-2-3-4-5-6-7-9-12-18-15-16-21(26(22,23)24)20(17-18)25-19-13-10-8-11-14-19;/h2*8,10-11,13-17H,2-7,9,12H2,1H3,(H,22,23,24);/q;;+2/p-2. The molecule has 8 nitrogen and oxygen atoms in total. The number of unbranched alkanes of at least 4 members (excludes halogenated alkanes) is 12. The Bertz CT molecular complexity index is 1680. The molecule has 4 aromatic carbocycles. The molecule has 0 radical (unpaired) electrons. The first-order chi connectivity index (χ1) is 25.0. The molecule has 0 atom stereocenters. The molecule has 0 aliphatic heterocycles. The zero-order valence-corrected chi connectivity index (χ0v) is 35.2. The minimum absolute atomic E-state index is 0. The second-order valence-electron chi connectivity index (χ2n) is 13.0. The van der Waals surface area contributed by atoms with Gasteiger partial charge >= 0.3 is 37.7 Å². The van der Waals surface area contributed by atoms with Crippen LogP contribution in [-0.4, -0.2) is 63.7 Å². The number of hydrogen-bond donors (Lipinski definition) is 0. The van der Waals surface area contributed by atoms with E-state index >= 15 is 0 Å². The molecule has 4 aromatic rings. The summed E-state index contributed by atoms with van der Waals surface area (Å²) in [7, 11) is -9.17. The largest absolute Gasteiger partial charge is 2.00 e. The van der Waals surface area contributed by atoms with Gasteiger partial charge in [0.25, 0.3) is 0 Å². The van der Waals surface area contributed by atoms with Gasteiger partial charge in [-0.2, -0.15) is 0 Å². The fourth-order valence-corrected chi connectivity index (χ4v) is 6.96. The Morgan fingerprint density at radius 1 is 0.453 bits per heavy atom. The summed E-state index contributed by atoms with van der Waals surface area (Å²) < 4.78 is 80.4. The predicted molar refractivity (Wildman–Crippen MR) is 211 cm³/mol. The zero-order valence-electron chi connectivity index (χ0n) is 31.3. The van der Waals surface area contributed by atoms with Crippen molar-refractivity contribution in [3.05, 3.63) is 108 Å². The number of ether oxygens (including phenoxy) is 2. The van der Waals surface area contributed by atoms with Crippen LogP contribution in [0.1, 0.15) is 115 Å². The third kappa shape index (κ3) is 18.6. The topological polar surface area (TPSA) is 133 Å². The first-order valence-electron chi connectivity index (χ1n) is 18.6. The Morgan fingerprint density at radius 2 is 0.774 bits per heavy atom. The molecule has 0 N–H and O–H groups in total. The van der Waals surface area contributed by atoms with E-state index in [-0.39, 0.29) is 59.0 Å². The Hall–Kier alpha value is -2.44. The van der Waals surface area contributed by atoms with E-state index in [0.717, 1.165) is 49.7 Å². The normalized spacial score (nSPS) is 11.2. The minimum atomic E-state index is -4.58. The van der Waals surface area contributed by atoms with Crippen molar-refractivity contribution in [3.63, 3.8) is 0 Å². The molecule has 0 unspecified atom stereocenters. The molecular formula is C42H54CaO8S2. The van der Waals surface area contributed by atoms with Crippen molar-refractivity contribution in [2.24, 2.45) is 0 Å². The average molecular weight is 791 g/mol. The predicted octanol–water partition coefficient (Wildman–Crippen LogP) is 11.0. The van der Waals surface area contributed by atoms with Crippen LogP contribution >= 0.6 is 0 Å². The van der Waals surface area contributed by atoms with Crippen molar-refractivity contribution in [1.82, 2.24) is 0 Å². The van der Waals surface area contributed by atoms with Crippen molar-refractivity contribution < 1.29 is 35.4 Å². The van der Waals surface area contributed by atoms with Gasteiger partial charge in [-0.3, -0.25) is 0 Å². The first-order valence-corrected chi connectivity index (χ1v) is 21.5. The Kier molecular flexibility index (Phi) is 22.6. The van der Waals surface area contributed by atoms with Crippen LogP contribution in [0.4, 0.5) is 0 Å². The smallest absolute Gasteiger partial charge is 0.744 e. The molecule has 0 fully saturated rings. The van der Waals surface area contributed by atoms with Crippen LogP contribution in [0.3, 0.4) is 0 Å². The molecule has 0 spiro atoms. The molecule has 0 aliphatic carbocycles. The summed E-state index contributed by atoms with van der Waals surface area (Å²) in [6, 6.07) is 27.3. The van der Waals surface area contributed by atoms with Crippen molar-refractivity contribution in [2.45, 2.75) is 126 Å². The molecule has 0 aliphatic rings. The Balaban J connectivity index is 0.000000360. The fourth-order valence-electron chi connectivity index (χ4n) is 5.79. The number of aryl methyl sites for hydroxylation is 2. The van der Waals surface area contributed by atoms with Gasteiger partial charge in [-0.1, -0.05) is 139 Å². The van der Waals surface area contributed by atoms with Crippen LogP contribution in [0, 0.1) is 0 Å².